The van der Waals surface area contributed by atoms with Gasteiger partial charge in [-0.1, -0.05) is 35.9 Å². The van der Waals surface area contributed by atoms with Crippen LogP contribution in [0.4, 0.5) is 0 Å². The molecule has 6 rings (SSSR count). The number of nitrogens with zero attached hydrogens (tertiary/aromatic N) is 6. The Kier molecular flexibility index (Phi) is 6.65. The summed E-state index contributed by atoms with van der Waals surface area (Å²) in [4.78, 5) is 45.0. The largest absolute Gasteiger partial charge is 0.494 e. The molecular formula is C30H27N7O3. The predicted octanol–water partition coefficient (Wildman–Crippen LogP) is 4.16. The van der Waals surface area contributed by atoms with Crippen LogP contribution >= 0.6 is 0 Å². The number of rotatable bonds is 6. The molecule has 10 heteroatoms. The van der Waals surface area contributed by atoms with E-state index in [1.807, 2.05) is 31.2 Å². The molecule has 10 nitrogen and oxygen atoms in total. The third kappa shape index (κ3) is 4.53. The molecule has 1 aromatic carbocycles. The number of benzene rings is 1. The number of hydrogen-bond donors (Lipinski definition) is 1. The molecule has 0 radical (unpaired) electrons. The van der Waals surface area contributed by atoms with Crippen LogP contribution in [0.3, 0.4) is 0 Å². The first-order chi connectivity index (χ1) is 19.5. The minimum absolute atomic E-state index is 0.246. The van der Waals surface area contributed by atoms with Gasteiger partial charge >= 0.3 is 0 Å². The van der Waals surface area contributed by atoms with Crippen molar-refractivity contribution in [1.29, 1.82) is 0 Å². The molecule has 1 fully saturated rings. The fraction of sp³-hybridized carbons (Fsp3) is 0.200. The van der Waals surface area contributed by atoms with Gasteiger partial charge in [-0.3, -0.25) is 19.6 Å². The summed E-state index contributed by atoms with van der Waals surface area (Å²) in [6, 6.07) is 11.9. The standard InChI is InChI=1S/C30H27N7O3/c1-19-8-15-37(35-19)29-27-26(24(40-2)18-34-29)22(16-33-27)28(38)30(39)36-13-9-21(10-14-36)25(20-6-4-3-5-7-20)23-17-31-11-12-32-23/h3-8,11-12,15-18,33H,9-10,13-14H2,1-2H3. The van der Waals surface area contributed by atoms with Crippen molar-refractivity contribution in [2.75, 3.05) is 20.2 Å². The predicted molar refractivity (Wildman–Crippen MR) is 149 cm³/mol. The number of aromatic amines is 1. The van der Waals surface area contributed by atoms with Crippen molar-refractivity contribution in [3.63, 3.8) is 0 Å². The molecule has 1 amide bonds. The first-order valence-corrected chi connectivity index (χ1v) is 13.0. The van der Waals surface area contributed by atoms with E-state index in [0.29, 0.717) is 48.4 Å². The number of carbonyl (C=O) groups excluding carboxylic acids is 2. The molecule has 1 saturated heterocycles. The van der Waals surface area contributed by atoms with Crippen LogP contribution in [0.5, 0.6) is 5.75 Å². The Morgan fingerprint density at radius 2 is 1.80 bits per heavy atom. The van der Waals surface area contributed by atoms with Crippen LogP contribution in [0.1, 0.15) is 40.2 Å². The molecule has 1 aliphatic rings. The number of nitrogens with one attached hydrogen (secondary N) is 1. The van der Waals surface area contributed by atoms with E-state index in [2.05, 4.69) is 37.2 Å². The number of H-pyrrole nitrogens is 1. The second kappa shape index (κ2) is 10.6. The normalized spacial score (nSPS) is 13.4. The van der Waals surface area contributed by atoms with Gasteiger partial charge in [0.15, 0.2) is 5.82 Å². The fourth-order valence-electron chi connectivity index (χ4n) is 5.20. The molecule has 0 unspecified atom stereocenters. The zero-order chi connectivity index (χ0) is 27.6. The number of piperidine rings is 1. The SMILES string of the molecule is COc1cnc(-n2ccc(C)n2)c2[nH]cc(C(=O)C(=O)N3CCC(=C(c4ccccc4)c4cnccn4)CC3)c12. The van der Waals surface area contributed by atoms with Gasteiger partial charge in [0, 0.05) is 43.4 Å². The summed E-state index contributed by atoms with van der Waals surface area (Å²) in [5, 5.41) is 4.94. The Morgan fingerprint density at radius 1 is 1.00 bits per heavy atom. The molecule has 5 aromatic rings. The van der Waals surface area contributed by atoms with E-state index >= 15 is 0 Å². The molecule has 1 N–H and O–H groups in total. The number of fused-ring (bicyclic) bond motifs is 1. The lowest BCUT2D eigenvalue weighted by Crippen LogP contribution is -2.40. The molecule has 4 aromatic heterocycles. The zero-order valence-corrected chi connectivity index (χ0v) is 22.2. The highest BCUT2D eigenvalue weighted by molar-refractivity contribution is 6.45. The first kappa shape index (κ1) is 25.2. The average Bonchev–Trinajstić information content (AvgIpc) is 3.64. The van der Waals surface area contributed by atoms with E-state index in [0.717, 1.165) is 22.5 Å². The summed E-state index contributed by atoms with van der Waals surface area (Å²) in [5.41, 5.74) is 5.70. The fourth-order valence-corrected chi connectivity index (χ4v) is 5.20. The summed E-state index contributed by atoms with van der Waals surface area (Å²) in [7, 11) is 1.51. The van der Waals surface area contributed by atoms with Crippen LogP contribution in [0.2, 0.25) is 0 Å². The number of ketones is 1. The topological polar surface area (TPSA) is 119 Å². The molecule has 0 aliphatic carbocycles. The highest BCUT2D eigenvalue weighted by atomic mass is 16.5. The van der Waals surface area contributed by atoms with Crippen LogP contribution in [0, 0.1) is 6.92 Å². The van der Waals surface area contributed by atoms with Gasteiger partial charge in [0.1, 0.15) is 5.75 Å². The van der Waals surface area contributed by atoms with Gasteiger partial charge < -0.3 is 14.6 Å². The molecular weight excluding hydrogens is 506 g/mol. The van der Waals surface area contributed by atoms with Crippen molar-refractivity contribution in [2.45, 2.75) is 19.8 Å². The lowest BCUT2D eigenvalue weighted by Gasteiger charge is -2.29. The summed E-state index contributed by atoms with van der Waals surface area (Å²) in [6.07, 6.45) is 11.2. The maximum absolute atomic E-state index is 13.6. The summed E-state index contributed by atoms with van der Waals surface area (Å²) >= 11 is 0. The van der Waals surface area contributed by atoms with Crippen molar-refractivity contribution < 1.29 is 14.3 Å². The van der Waals surface area contributed by atoms with Crippen LogP contribution in [0.25, 0.3) is 22.3 Å². The van der Waals surface area contributed by atoms with Crippen molar-refractivity contribution in [2.24, 2.45) is 0 Å². The number of methoxy groups -OCH3 is 1. The van der Waals surface area contributed by atoms with Gasteiger partial charge in [-0.25, -0.2) is 9.67 Å². The Bertz CT molecular complexity index is 1690. The highest BCUT2D eigenvalue weighted by Crippen LogP contribution is 2.34. The van der Waals surface area contributed by atoms with Crippen molar-refractivity contribution in [3.8, 4) is 11.6 Å². The molecule has 0 bridgehead atoms. The zero-order valence-electron chi connectivity index (χ0n) is 22.2. The molecule has 40 heavy (non-hydrogen) atoms. The number of Topliss-reactive ketones (excluding diaryl/α,β-unsaturated/α-hetero) is 1. The number of amides is 1. The van der Waals surface area contributed by atoms with Gasteiger partial charge in [0.2, 0.25) is 0 Å². The lowest BCUT2D eigenvalue weighted by atomic mass is 9.91. The van der Waals surface area contributed by atoms with Gasteiger partial charge in [-0.05, 0) is 31.4 Å². The van der Waals surface area contributed by atoms with Gasteiger partial charge in [0.05, 0.1) is 47.4 Å². The van der Waals surface area contributed by atoms with Crippen molar-refractivity contribution in [1.82, 2.24) is 34.6 Å². The second-order valence-electron chi connectivity index (χ2n) is 9.56. The number of likely N-dealkylation sites (tertiary alicyclic amines) is 1. The Hall–Kier alpha value is -5.12. The molecule has 200 valence electrons. The van der Waals surface area contributed by atoms with Crippen LogP contribution < -0.4 is 4.74 Å². The van der Waals surface area contributed by atoms with E-state index in [1.54, 1.807) is 46.8 Å². The first-order valence-electron chi connectivity index (χ1n) is 13.0. The number of aromatic nitrogens is 6. The average molecular weight is 534 g/mol. The van der Waals surface area contributed by atoms with E-state index in [4.69, 9.17) is 4.74 Å². The van der Waals surface area contributed by atoms with Gasteiger partial charge in [-0.2, -0.15) is 5.10 Å². The molecule has 5 heterocycles. The summed E-state index contributed by atoms with van der Waals surface area (Å²) in [5.74, 6) is -0.222. The minimum atomic E-state index is -0.594. The molecule has 0 atom stereocenters. The number of pyridine rings is 1. The monoisotopic (exact) mass is 533 g/mol. The maximum atomic E-state index is 13.6. The molecule has 1 aliphatic heterocycles. The smallest absolute Gasteiger partial charge is 0.295 e. The summed E-state index contributed by atoms with van der Waals surface area (Å²) in [6.45, 7) is 2.74. The van der Waals surface area contributed by atoms with Crippen LogP contribution in [-0.2, 0) is 4.79 Å². The molecule has 0 saturated carbocycles. The lowest BCUT2D eigenvalue weighted by molar-refractivity contribution is -0.126. The van der Waals surface area contributed by atoms with Crippen molar-refractivity contribution >= 4 is 28.2 Å². The summed E-state index contributed by atoms with van der Waals surface area (Å²) < 4.78 is 7.14. The number of aryl methyl sites for hydroxylation is 1. The Labute approximate surface area is 230 Å². The van der Waals surface area contributed by atoms with E-state index in [-0.39, 0.29) is 5.56 Å². The number of carbonyl (C=O) groups is 2. The third-order valence-electron chi connectivity index (χ3n) is 7.14. The van der Waals surface area contributed by atoms with E-state index in [1.165, 1.54) is 12.7 Å². The quantitative estimate of drug-likeness (QED) is 0.257. The maximum Gasteiger partial charge on any atom is 0.295 e. The van der Waals surface area contributed by atoms with Crippen LogP contribution in [-0.4, -0.2) is 66.5 Å². The third-order valence-corrected chi connectivity index (χ3v) is 7.14. The highest BCUT2D eigenvalue weighted by Gasteiger charge is 2.30. The number of ether oxygens (including phenoxy) is 1. The second-order valence-corrected chi connectivity index (χ2v) is 9.56. The molecule has 0 spiro atoms. The van der Waals surface area contributed by atoms with Crippen molar-refractivity contribution in [3.05, 3.63) is 102 Å². The number of hydrogen-bond acceptors (Lipinski definition) is 7. The van der Waals surface area contributed by atoms with E-state index in [9.17, 15) is 9.59 Å². The van der Waals surface area contributed by atoms with Crippen LogP contribution in [0.15, 0.2) is 79.2 Å². The minimum Gasteiger partial charge on any atom is -0.494 e. The van der Waals surface area contributed by atoms with E-state index < -0.39 is 11.7 Å². The Morgan fingerprint density at radius 3 is 2.48 bits per heavy atom. The van der Waals surface area contributed by atoms with Gasteiger partial charge in [-0.15, -0.1) is 0 Å². The Balaban J connectivity index is 1.28. The van der Waals surface area contributed by atoms with Gasteiger partial charge in [0.25, 0.3) is 11.7 Å².